The second kappa shape index (κ2) is 4.22. The van der Waals surface area contributed by atoms with Crippen molar-refractivity contribution in [2.45, 2.75) is 13.3 Å². The SMILES string of the molecule is CCc1nnsc1C(=O)c1cnccn1. The molecule has 0 saturated carbocycles. The van der Waals surface area contributed by atoms with Crippen molar-refractivity contribution >= 4 is 17.3 Å². The zero-order chi connectivity index (χ0) is 10.7. The number of carbonyl (C=O) groups is 1. The molecular weight excluding hydrogens is 212 g/mol. The van der Waals surface area contributed by atoms with Gasteiger partial charge in [0.2, 0.25) is 5.78 Å². The van der Waals surface area contributed by atoms with Crippen LogP contribution >= 0.6 is 11.5 Å². The highest BCUT2D eigenvalue weighted by Gasteiger charge is 2.17. The Kier molecular flexibility index (Phi) is 2.77. The summed E-state index contributed by atoms with van der Waals surface area (Å²) in [4.78, 5) is 20.3. The van der Waals surface area contributed by atoms with Gasteiger partial charge in [-0.2, -0.15) is 0 Å². The summed E-state index contributed by atoms with van der Waals surface area (Å²) in [5, 5.41) is 3.88. The average Bonchev–Trinajstić information content (AvgIpc) is 2.77. The number of nitrogens with zero attached hydrogens (tertiary/aromatic N) is 4. The van der Waals surface area contributed by atoms with E-state index in [1.807, 2.05) is 6.92 Å². The van der Waals surface area contributed by atoms with E-state index in [1.165, 1.54) is 18.6 Å². The van der Waals surface area contributed by atoms with E-state index in [9.17, 15) is 4.79 Å². The summed E-state index contributed by atoms with van der Waals surface area (Å²) in [6.07, 6.45) is 5.16. The van der Waals surface area contributed by atoms with Crippen LogP contribution in [0.3, 0.4) is 0 Å². The Bertz CT molecular complexity index is 468. The average molecular weight is 220 g/mol. The van der Waals surface area contributed by atoms with Crippen LogP contribution in [0.1, 0.15) is 28.0 Å². The first kappa shape index (κ1) is 9.85. The normalized spacial score (nSPS) is 10.2. The minimum Gasteiger partial charge on any atom is -0.286 e. The maximum absolute atomic E-state index is 11.9. The monoisotopic (exact) mass is 220 g/mol. The first-order valence-electron chi connectivity index (χ1n) is 4.45. The molecule has 0 fully saturated rings. The van der Waals surface area contributed by atoms with E-state index in [1.54, 1.807) is 0 Å². The van der Waals surface area contributed by atoms with Gasteiger partial charge in [-0.1, -0.05) is 11.4 Å². The van der Waals surface area contributed by atoms with Crippen LogP contribution in [0.25, 0.3) is 0 Å². The van der Waals surface area contributed by atoms with E-state index >= 15 is 0 Å². The molecule has 2 aromatic heterocycles. The molecule has 0 bridgehead atoms. The molecule has 0 atom stereocenters. The molecule has 0 spiro atoms. The molecular formula is C9H8N4OS. The first-order valence-corrected chi connectivity index (χ1v) is 5.22. The summed E-state index contributed by atoms with van der Waals surface area (Å²) in [6.45, 7) is 1.93. The van der Waals surface area contributed by atoms with Crippen molar-refractivity contribution in [2.75, 3.05) is 0 Å². The Morgan fingerprint density at radius 2 is 2.33 bits per heavy atom. The summed E-state index contributed by atoms with van der Waals surface area (Å²) in [5.74, 6) is -0.157. The summed E-state index contributed by atoms with van der Waals surface area (Å²) in [7, 11) is 0. The molecule has 2 rings (SSSR count). The van der Waals surface area contributed by atoms with Crippen molar-refractivity contribution in [3.8, 4) is 0 Å². The predicted molar refractivity (Wildman–Crippen MR) is 54.8 cm³/mol. The van der Waals surface area contributed by atoms with Crippen molar-refractivity contribution < 1.29 is 4.79 Å². The Balaban J connectivity index is 2.37. The highest BCUT2D eigenvalue weighted by atomic mass is 32.1. The Morgan fingerprint density at radius 3 is 3.00 bits per heavy atom. The van der Waals surface area contributed by atoms with Gasteiger partial charge >= 0.3 is 0 Å². The van der Waals surface area contributed by atoms with E-state index in [0.29, 0.717) is 17.0 Å². The van der Waals surface area contributed by atoms with Crippen molar-refractivity contribution in [3.05, 3.63) is 34.9 Å². The van der Waals surface area contributed by atoms with Crippen molar-refractivity contribution in [3.63, 3.8) is 0 Å². The Labute approximate surface area is 90.4 Å². The van der Waals surface area contributed by atoms with Crippen LogP contribution in [0.15, 0.2) is 18.6 Å². The predicted octanol–water partition coefficient (Wildman–Crippen LogP) is 1.12. The topological polar surface area (TPSA) is 68.6 Å². The van der Waals surface area contributed by atoms with E-state index in [0.717, 1.165) is 17.2 Å². The van der Waals surface area contributed by atoms with Crippen LogP contribution in [-0.4, -0.2) is 25.3 Å². The van der Waals surface area contributed by atoms with Gasteiger partial charge in [-0.25, -0.2) is 4.98 Å². The minimum absolute atomic E-state index is 0.157. The molecule has 0 aliphatic heterocycles. The number of hydrogen-bond acceptors (Lipinski definition) is 6. The molecule has 0 radical (unpaired) electrons. The van der Waals surface area contributed by atoms with Gasteiger partial charge in [0.15, 0.2) is 0 Å². The fourth-order valence-corrected chi connectivity index (χ4v) is 1.84. The largest absolute Gasteiger partial charge is 0.286 e. The van der Waals surface area contributed by atoms with E-state index in [2.05, 4.69) is 19.6 Å². The third kappa shape index (κ3) is 1.89. The molecule has 0 amide bonds. The van der Waals surface area contributed by atoms with Crippen LogP contribution in [0.2, 0.25) is 0 Å². The lowest BCUT2D eigenvalue weighted by molar-refractivity contribution is 0.103. The zero-order valence-corrected chi connectivity index (χ0v) is 8.86. The quantitative estimate of drug-likeness (QED) is 0.725. The molecule has 15 heavy (non-hydrogen) atoms. The molecule has 0 aliphatic rings. The van der Waals surface area contributed by atoms with Crippen LogP contribution in [-0.2, 0) is 6.42 Å². The fourth-order valence-electron chi connectivity index (χ4n) is 1.15. The molecule has 0 N–H and O–H groups in total. The number of hydrogen-bond donors (Lipinski definition) is 0. The molecule has 0 unspecified atom stereocenters. The van der Waals surface area contributed by atoms with E-state index in [-0.39, 0.29) is 5.78 Å². The summed E-state index contributed by atoms with van der Waals surface area (Å²) < 4.78 is 3.76. The highest BCUT2D eigenvalue weighted by Crippen LogP contribution is 2.14. The molecule has 2 aromatic rings. The van der Waals surface area contributed by atoms with Gasteiger partial charge in [0.25, 0.3) is 0 Å². The summed E-state index contributed by atoms with van der Waals surface area (Å²) in [6, 6.07) is 0. The van der Waals surface area contributed by atoms with Gasteiger partial charge in [0.05, 0.1) is 11.9 Å². The number of aromatic nitrogens is 4. The Morgan fingerprint density at radius 1 is 1.47 bits per heavy atom. The fraction of sp³-hybridized carbons (Fsp3) is 0.222. The lowest BCUT2D eigenvalue weighted by atomic mass is 10.2. The summed E-state index contributed by atoms with van der Waals surface area (Å²) >= 11 is 1.10. The Hall–Kier alpha value is -1.69. The van der Waals surface area contributed by atoms with Crippen LogP contribution < -0.4 is 0 Å². The van der Waals surface area contributed by atoms with Crippen molar-refractivity contribution in [1.29, 1.82) is 0 Å². The molecule has 6 heteroatoms. The van der Waals surface area contributed by atoms with Crippen LogP contribution in [0, 0.1) is 0 Å². The van der Waals surface area contributed by atoms with Gasteiger partial charge in [-0.3, -0.25) is 9.78 Å². The molecule has 0 saturated heterocycles. The number of ketones is 1. The van der Waals surface area contributed by atoms with E-state index in [4.69, 9.17) is 0 Å². The molecule has 0 aromatic carbocycles. The standard InChI is InChI=1S/C9H8N4OS/c1-2-6-9(15-13-12-6)8(14)7-5-10-3-4-11-7/h3-5H,2H2,1H3. The zero-order valence-electron chi connectivity index (χ0n) is 8.04. The first-order chi connectivity index (χ1) is 7.33. The van der Waals surface area contributed by atoms with E-state index < -0.39 is 0 Å². The third-order valence-corrected chi connectivity index (χ3v) is 2.66. The second-order valence-corrected chi connectivity index (χ2v) is 3.58. The van der Waals surface area contributed by atoms with Gasteiger partial charge in [-0.15, -0.1) is 5.10 Å². The maximum Gasteiger partial charge on any atom is 0.226 e. The lowest BCUT2D eigenvalue weighted by Gasteiger charge is -1.96. The van der Waals surface area contributed by atoms with Gasteiger partial charge < -0.3 is 0 Å². The molecule has 5 nitrogen and oxygen atoms in total. The number of carbonyl (C=O) groups excluding carboxylic acids is 1. The third-order valence-electron chi connectivity index (χ3n) is 1.89. The molecule has 76 valence electrons. The van der Waals surface area contributed by atoms with Gasteiger partial charge in [-0.05, 0) is 18.0 Å². The van der Waals surface area contributed by atoms with Gasteiger partial charge in [0.1, 0.15) is 10.6 Å². The van der Waals surface area contributed by atoms with Gasteiger partial charge in [0, 0.05) is 12.4 Å². The van der Waals surface area contributed by atoms with Crippen molar-refractivity contribution in [2.24, 2.45) is 0 Å². The number of rotatable bonds is 3. The molecule has 2 heterocycles. The minimum atomic E-state index is -0.157. The molecule has 0 aliphatic carbocycles. The maximum atomic E-state index is 11.9. The lowest BCUT2D eigenvalue weighted by Crippen LogP contribution is -2.04. The van der Waals surface area contributed by atoms with Crippen molar-refractivity contribution in [1.82, 2.24) is 19.6 Å². The van der Waals surface area contributed by atoms with Crippen LogP contribution in [0.5, 0.6) is 0 Å². The second-order valence-electron chi connectivity index (χ2n) is 2.82. The smallest absolute Gasteiger partial charge is 0.226 e. The van der Waals surface area contributed by atoms with Crippen LogP contribution in [0.4, 0.5) is 0 Å². The summed E-state index contributed by atoms with van der Waals surface area (Å²) in [5.41, 5.74) is 1.05. The number of aryl methyl sites for hydroxylation is 1. The highest BCUT2D eigenvalue weighted by molar-refractivity contribution is 7.08.